The van der Waals surface area contributed by atoms with Gasteiger partial charge in [0.05, 0.1) is 10.5 Å². The minimum Gasteiger partial charge on any atom is -0.478 e. The van der Waals surface area contributed by atoms with Crippen molar-refractivity contribution in [1.82, 2.24) is 4.90 Å². The van der Waals surface area contributed by atoms with E-state index in [2.05, 4.69) is 5.32 Å². The minimum atomic E-state index is -1.08. The molecule has 0 bridgehead atoms. The van der Waals surface area contributed by atoms with Crippen LogP contribution in [0.3, 0.4) is 0 Å². The second-order valence-electron chi connectivity index (χ2n) is 5.75. The Morgan fingerprint density at radius 2 is 1.71 bits per heavy atom. The summed E-state index contributed by atoms with van der Waals surface area (Å²) in [5, 5.41) is 11.4. The number of hydrogen-bond donors (Lipinski definition) is 2. The fourth-order valence-corrected chi connectivity index (χ4v) is 3.35. The van der Waals surface area contributed by atoms with Gasteiger partial charge in [-0.2, -0.15) is 0 Å². The molecule has 0 unspecified atom stereocenters. The van der Waals surface area contributed by atoms with E-state index >= 15 is 0 Å². The molecule has 3 amide bonds. The largest absolute Gasteiger partial charge is 0.478 e. The molecule has 1 fully saturated rings. The number of carbonyl (C=O) groups excluding carboxylic acids is 3. The van der Waals surface area contributed by atoms with Gasteiger partial charge >= 0.3 is 5.97 Å². The highest BCUT2D eigenvalue weighted by Gasteiger charge is 2.36. The zero-order valence-corrected chi connectivity index (χ0v) is 15.8. The summed E-state index contributed by atoms with van der Waals surface area (Å²) in [5.74, 6) is -2.21. The maximum atomic E-state index is 12.4. The van der Waals surface area contributed by atoms with E-state index in [1.807, 2.05) is 0 Å². The van der Waals surface area contributed by atoms with Crippen molar-refractivity contribution in [3.05, 3.63) is 69.6 Å². The highest BCUT2D eigenvalue weighted by Crippen LogP contribution is 2.32. The SMILES string of the molecule is O=C(CN1C(=O)S/C(=C/c2ccc(Cl)cc2)C1=O)Nc1ccc(C(=O)O)cc1. The molecular weight excluding hydrogens is 404 g/mol. The van der Waals surface area contributed by atoms with Gasteiger partial charge in [0, 0.05) is 10.7 Å². The number of nitrogens with one attached hydrogen (secondary N) is 1. The third-order valence-corrected chi connectivity index (χ3v) is 4.92. The van der Waals surface area contributed by atoms with Crippen LogP contribution in [0.5, 0.6) is 0 Å². The van der Waals surface area contributed by atoms with E-state index in [-0.39, 0.29) is 10.5 Å². The zero-order valence-electron chi connectivity index (χ0n) is 14.2. The highest BCUT2D eigenvalue weighted by atomic mass is 35.5. The topological polar surface area (TPSA) is 104 Å². The van der Waals surface area contributed by atoms with Crippen molar-refractivity contribution in [3.63, 3.8) is 0 Å². The fourth-order valence-electron chi connectivity index (χ4n) is 2.39. The van der Waals surface area contributed by atoms with Crippen molar-refractivity contribution >= 4 is 58.1 Å². The summed E-state index contributed by atoms with van der Waals surface area (Å²) in [6, 6.07) is 12.3. The van der Waals surface area contributed by atoms with Crippen molar-refractivity contribution in [3.8, 4) is 0 Å². The lowest BCUT2D eigenvalue weighted by Gasteiger charge is -2.12. The van der Waals surface area contributed by atoms with Crippen LogP contribution in [0.15, 0.2) is 53.4 Å². The van der Waals surface area contributed by atoms with E-state index in [1.165, 1.54) is 24.3 Å². The molecule has 0 aliphatic carbocycles. The molecular formula is C19H13ClN2O5S. The van der Waals surface area contributed by atoms with E-state index in [9.17, 15) is 19.2 Å². The molecule has 1 saturated heterocycles. The van der Waals surface area contributed by atoms with E-state index in [0.29, 0.717) is 16.3 Å². The Hall–Kier alpha value is -3.10. The maximum absolute atomic E-state index is 12.4. The molecule has 28 heavy (non-hydrogen) atoms. The van der Waals surface area contributed by atoms with Crippen molar-refractivity contribution in [2.45, 2.75) is 0 Å². The predicted octanol–water partition coefficient (Wildman–Crippen LogP) is 3.71. The number of carboxylic acids is 1. The first-order chi connectivity index (χ1) is 13.3. The molecule has 1 heterocycles. The number of carbonyl (C=O) groups is 4. The van der Waals surface area contributed by atoms with Crippen LogP contribution in [-0.2, 0) is 9.59 Å². The summed E-state index contributed by atoms with van der Waals surface area (Å²) in [6.07, 6.45) is 1.56. The average molecular weight is 417 g/mol. The number of carboxylic acid groups (broad SMARTS) is 1. The van der Waals surface area contributed by atoms with Gasteiger partial charge in [0.2, 0.25) is 5.91 Å². The Kier molecular flexibility index (Phi) is 5.81. The van der Waals surface area contributed by atoms with Crippen molar-refractivity contribution in [1.29, 1.82) is 0 Å². The molecule has 9 heteroatoms. The molecule has 0 atom stereocenters. The summed E-state index contributed by atoms with van der Waals surface area (Å²) in [5.41, 5.74) is 1.15. The quantitative estimate of drug-likeness (QED) is 0.720. The molecule has 0 spiro atoms. The average Bonchev–Trinajstić information content (AvgIpc) is 2.91. The zero-order chi connectivity index (χ0) is 20.3. The minimum absolute atomic E-state index is 0.0799. The van der Waals surface area contributed by atoms with Gasteiger partial charge in [-0.1, -0.05) is 23.7 Å². The number of thioether (sulfide) groups is 1. The van der Waals surface area contributed by atoms with Crippen LogP contribution in [0.2, 0.25) is 5.02 Å². The van der Waals surface area contributed by atoms with Gasteiger partial charge in [0.15, 0.2) is 0 Å². The van der Waals surface area contributed by atoms with Gasteiger partial charge in [-0.05, 0) is 59.8 Å². The monoisotopic (exact) mass is 416 g/mol. The lowest BCUT2D eigenvalue weighted by molar-refractivity contribution is -0.127. The van der Waals surface area contributed by atoms with Crippen LogP contribution < -0.4 is 5.32 Å². The molecule has 7 nitrogen and oxygen atoms in total. The van der Waals surface area contributed by atoms with Gasteiger partial charge in [-0.15, -0.1) is 0 Å². The Bertz CT molecular complexity index is 986. The molecule has 0 radical (unpaired) electrons. The predicted molar refractivity (Wildman–Crippen MR) is 106 cm³/mol. The van der Waals surface area contributed by atoms with Crippen molar-refractivity contribution in [2.24, 2.45) is 0 Å². The lowest BCUT2D eigenvalue weighted by Crippen LogP contribution is -2.36. The van der Waals surface area contributed by atoms with E-state index in [0.717, 1.165) is 16.7 Å². The molecule has 0 saturated carbocycles. The van der Waals surface area contributed by atoms with Gasteiger partial charge in [-0.3, -0.25) is 19.3 Å². The summed E-state index contributed by atoms with van der Waals surface area (Å²) < 4.78 is 0. The van der Waals surface area contributed by atoms with Gasteiger partial charge in [-0.25, -0.2) is 4.79 Å². The van der Waals surface area contributed by atoms with E-state index in [1.54, 1.807) is 30.3 Å². The van der Waals surface area contributed by atoms with Crippen LogP contribution in [0.25, 0.3) is 6.08 Å². The van der Waals surface area contributed by atoms with E-state index < -0.39 is 29.6 Å². The summed E-state index contributed by atoms with van der Waals surface area (Å²) in [4.78, 5) is 48.6. The normalized spacial score (nSPS) is 15.2. The molecule has 0 aromatic heterocycles. The molecule has 1 aliphatic rings. The van der Waals surface area contributed by atoms with Gasteiger partial charge in [0.1, 0.15) is 6.54 Å². The van der Waals surface area contributed by atoms with Gasteiger partial charge in [0.25, 0.3) is 11.1 Å². The number of rotatable bonds is 5. The van der Waals surface area contributed by atoms with Crippen LogP contribution in [0.1, 0.15) is 15.9 Å². The number of anilines is 1. The smallest absolute Gasteiger partial charge is 0.335 e. The Labute approximate surface area is 169 Å². The number of imide groups is 1. The lowest BCUT2D eigenvalue weighted by atomic mass is 10.2. The van der Waals surface area contributed by atoms with Gasteiger partial charge < -0.3 is 10.4 Å². The molecule has 3 rings (SSSR count). The first kappa shape index (κ1) is 19.7. The third kappa shape index (κ3) is 4.59. The second-order valence-corrected chi connectivity index (χ2v) is 7.18. The maximum Gasteiger partial charge on any atom is 0.335 e. The van der Waals surface area contributed by atoms with Crippen LogP contribution in [0.4, 0.5) is 10.5 Å². The second kappa shape index (κ2) is 8.28. The van der Waals surface area contributed by atoms with Crippen LogP contribution in [0, 0.1) is 0 Å². The number of amides is 3. The summed E-state index contributed by atoms with van der Waals surface area (Å²) in [7, 11) is 0. The van der Waals surface area contributed by atoms with Crippen LogP contribution in [-0.4, -0.2) is 39.6 Å². The van der Waals surface area contributed by atoms with E-state index in [4.69, 9.17) is 16.7 Å². The molecule has 2 aromatic carbocycles. The number of hydrogen-bond acceptors (Lipinski definition) is 5. The number of benzene rings is 2. The molecule has 142 valence electrons. The third-order valence-electron chi connectivity index (χ3n) is 3.76. The first-order valence-corrected chi connectivity index (χ1v) is 9.17. The van der Waals surface area contributed by atoms with Crippen LogP contribution >= 0.6 is 23.4 Å². The van der Waals surface area contributed by atoms with Crippen molar-refractivity contribution < 1.29 is 24.3 Å². The molecule has 2 N–H and O–H groups in total. The Morgan fingerprint density at radius 1 is 1.07 bits per heavy atom. The first-order valence-electron chi connectivity index (χ1n) is 7.97. The summed E-state index contributed by atoms with van der Waals surface area (Å²) >= 11 is 6.58. The Balaban J connectivity index is 1.65. The fraction of sp³-hybridized carbons (Fsp3) is 0.0526. The highest BCUT2D eigenvalue weighted by molar-refractivity contribution is 8.18. The number of nitrogens with zero attached hydrogens (tertiary/aromatic N) is 1. The van der Waals surface area contributed by atoms with Crippen molar-refractivity contribution in [2.75, 3.05) is 11.9 Å². The summed E-state index contributed by atoms with van der Waals surface area (Å²) in [6.45, 7) is -0.441. The standard InChI is InChI=1S/C19H13ClN2O5S/c20-13-5-1-11(2-6-13)9-15-17(24)22(19(27)28-15)10-16(23)21-14-7-3-12(4-8-14)18(25)26/h1-9H,10H2,(H,21,23)(H,25,26)/b15-9+. The Morgan fingerprint density at radius 3 is 2.32 bits per heavy atom. The number of halogens is 1. The molecule has 1 aliphatic heterocycles. The number of aromatic carboxylic acids is 1. The molecule has 2 aromatic rings.